The number of hydrogen-bond acceptors (Lipinski definition) is 3. The van der Waals surface area contributed by atoms with Crippen molar-refractivity contribution in [2.45, 2.75) is 46.6 Å². The van der Waals surface area contributed by atoms with Crippen molar-refractivity contribution in [3.63, 3.8) is 0 Å². The predicted molar refractivity (Wildman–Crippen MR) is 85.6 cm³/mol. The van der Waals surface area contributed by atoms with Gasteiger partial charge in [0.25, 0.3) is 0 Å². The van der Waals surface area contributed by atoms with Gasteiger partial charge in [-0.05, 0) is 55.6 Å². The number of ketones is 1. The molecule has 0 radical (unpaired) electrons. The summed E-state index contributed by atoms with van der Waals surface area (Å²) in [5.74, 6) is 0.107. The molecule has 0 aliphatic carbocycles. The molecule has 0 saturated heterocycles. The summed E-state index contributed by atoms with van der Waals surface area (Å²) >= 11 is 3.42. The second-order valence-electron chi connectivity index (χ2n) is 5.58. The molecular formula is C15H21BrN4O. The van der Waals surface area contributed by atoms with Crippen LogP contribution in [-0.2, 0) is 13.5 Å². The fraction of sp³-hybridized carbons (Fsp3) is 0.533. The predicted octanol–water partition coefficient (Wildman–Crippen LogP) is 3.39. The first-order valence-electron chi connectivity index (χ1n) is 7.08. The van der Waals surface area contributed by atoms with Crippen molar-refractivity contribution >= 4 is 21.7 Å². The summed E-state index contributed by atoms with van der Waals surface area (Å²) in [7, 11) is 1.93. The molecule has 0 atom stereocenters. The van der Waals surface area contributed by atoms with Crippen molar-refractivity contribution in [3.05, 3.63) is 33.3 Å². The zero-order valence-electron chi connectivity index (χ0n) is 13.1. The molecule has 6 heteroatoms. The van der Waals surface area contributed by atoms with Gasteiger partial charge in [-0.3, -0.25) is 14.2 Å². The first-order valence-corrected chi connectivity index (χ1v) is 7.87. The minimum Gasteiger partial charge on any atom is -0.292 e. The molecule has 0 aliphatic heterocycles. The average molecular weight is 353 g/mol. The largest absolute Gasteiger partial charge is 0.292 e. The van der Waals surface area contributed by atoms with E-state index in [1.165, 1.54) is 0 Å². The van der Waals surface area contributed by atoms with Crippen LogP contribution in [0.3, 0.4) is 0 Å². The summed E-state index contributed by atoms with van der Waals surface area (Å²) in [6.07, 6.45) is 2.86. The smallest absolute Gasteiger partial charge is 0.182 e. The summed E-state index contributed by atoms with van der Waals surface area (Å²) in [5.41, 5.74) is 3.94. The lowest BCUT2D eigenvalue weighted by atomic mass is 10.0. The summed E-state index contributed by atoms with van der Waals surface area (Å²) in [5, 5.41) is 8.66. The third-order valence-electron chi connectivity index (χ3n) is 3.77. The molecule has 2 rings (SSSR count). The van der Waals surface area contributed by atoms with Crippen molar-refractivity contribution in [1.82, 2.24) is 19.6 Å². The summed E-state index contributed by atoms with van der Waals surface area (Å²) in [6.45, 7) is 8.06. The van der Waals surface area contributed by atoms with Crippen molar-refractivity contribution in [3.8, 4) is 0 Å². The van der Waals surface area contributed by atoms with E-state index in [9.17, 15) is 4.79 Å². The minimum atomic E-state index is 0.107. The Morgan fingerprint density at radius 1 is 1.38 bits per heavy atom. The Morgan fingerprint density at radius 2 is 2.05 bits per heavy atom. The molecule has 2 aromatic rings. The zero-order valence-corrected chi connectivity index (χ0v) is 14.7. The average Bonchev–Trinajstić information content (AvgIpc) is 2.90. The number of carbonyl (C=O) groups excluding carboxylic acids is 1. The fourth-order valence-electron chi connectivity index (χ4n) is 2.53. The molecule has 0 amide bonds. The Morgan fingerprint density at radius 3 is 2.57 bits per heavy atom. The Balaban J connectivity index is 2.18. The Hall–Kier alpha value is -1.43. The lowest BCUT2D eigenvalue weighted by Gasteiger charge is -2.10. The molecule has 0 bridgehead atoms. The lowest BCUT2D eigenvalue weighted by Crippen LogP contribution is -2.14. The van der Waals surface area contributed by atoms with Crippen molar-refractivity contribution in [2.75, 3.05) is 0 Å². The normalized spacial score (nSPS) is 11.4. The topological polar surface area (TPSA) is 52.7 Å². The Bertz CT molecular complexity index is 670. The molecule has 5 nitrogen and oxygen atoms in total. The van der Waals surface area contributed by atoms with E-state index in [2.05, 4.69) is 26.1 Å². The van der Waals surface area contributed by atoms with Gasteiger partial charge >= 0.3 is 0 Å². The molecule has 114 valence electrons. The number of aromatic nitrogens is 4. The van der Waals surface area contributed by atoms with E-state index in [1.54, 1.807) is 10.9 Å². The van der Waals surface area contributed by atoms with Gasteiger partial charge in [-0.1, -0.05) is 0 Å². The van der Waals surface area contributed by atoms with Crippen LogP contribution >= 0.6 is 15.9 Å². The lowest BCUT2D eigenvalue weighted by molar-refractivity contribution is 0.0969. The highest BCUT2D eigenvalue weighted by Gasteiger charge is 2.20. The van der Waals surface area contributed by atoms with E-state index in [4.69, 9.17) is 0 Å². The Kier molecular flexibility index (Phi) is 4.66. The van der Waals surface area contributed by atoms with E-state index in [0.29, 0.717) is 18.5 Å². The van der Waals surface area contributed by atoms with Crippen LogP contribution in [0.25, 0.3) is 0 Å². The first-order chi connectivity index (χ1) is 9.82. The van der Waals surface area contributed by atoms with E-state index in [1.807, 2.05) is 39.4 Å². The maximum absolute atomic E-state index is 12.5. The number of aryl methyl sites for hydroxylation is 2. The molecule has 0 unspecified atom stereocenters. The van der Waals surface area contributed by atoms with E-state index in [-0.39, 0.29) is 11.8 Å². The van der Waals surface area contributed by atoms with Crippen LogP contribution in [0.15, 0.2) is 10.7 Å². The monoisotopic (exact) mass is 352 g/mol. The van der Waals surface area contributed by atoms with E-state index in [0.717, 1.165) is 21.4 Å². The molecule has 0 spiro atoms. The van der Waals surface area contributed by atoms with Crippen LogP contribution in [0.1, 0.15) is 53.7 Å². The van der Waals surface area contributed by atoms with Crippen molar-refractivity contribution in [1.29, 1.82) is 0 Å². The number of Topliss-reactive ketones (excluding diaryl/α,β-unsaturated/α-hetero) is 1. The van der Waals surface area contributed by atoms with Crippen LogP contribution < -0.4 is 0 Å². The number of rotatable bonds is 5. The second-order valence-corrected chi connectivity index (χ2v) is 6.43. The quantitative estimate of drug-likeness (QED) is 0.775. The molecule has 21 heavy (non-hydrogen) atoms. The van der Waals surface area contributed by atoms with Gasteiger partial charge in [0, 0.05) is 25.2 Å². The van der Waals surface area contributed by atoms with Crippen LogP contribution in [-0.4, -0.2) is 25.3 Å². The van der Waals surface area contributed by atoms with Gasteiger partial charge in [0.2, 0.25) is 0 Å². The molecular weight excluding hydrogens is 332 g/mol. The fourth-order valence-corrected chi connectivity index (χ4v) is 3.02. The van der Waals surface area contributed by atoms with Gasteiger partial charge in [-0.2, -0.15) is 10.2 Å². The third-order valence-corrected chi connectivity index (χ3v) is 4.35. The summed E-state index contributed by atoms with van der Waals surface area (Å²) in [6, 6.07) is 0.164. The Labute approximate surface area is 133 Å². The highest BCUT2D eigenvalue weighted by atomic mass is 79.9. The molecule has 2 heterocycles. The second kappa shape index (κ2) is 6.13. The van der Waals surface area contributed by atoms with Crippen LogP contribution in [0, 0.1) is 13.8 Å². The van der Waals surface area contributed by atoms with Crippen molar-refractivity contribution < 1.29 is 4.79 Å². The first kappa shape index (κ1) is 15.9. The number of carbonyl (C=O) groups is 1. The van der Waals surface area contributed by atoms with Gasteiger partial charge in [-0.25, -0.2) is 0 Å². The third kappa shape index (κ3) is 3.10. The maximum Gasteiger partial charge on any atom is 0.182 e. The molecule has 2 aromatic heterocycles. The van der Waals surface area contributed by atoms with Gasteiger partial charge in [0.15, 0.2) is 5.78 Å². The van der Waals surface area contributed by atoms with Gasteiger partial charge in [0.05, 0.1) is 16.4 Å². The van der Waals surface area contributed by atoms with Crippen LogP contribution in [0.2, 0.25) is 0 Å². The molecule has 0 aliphatic rings. The highest BCUT2D eigenvalue weighted by molar-refractivity contribution is 9.10. The number of nitrogens with zero attached hydrogens (tertiary/aromatic N) is 4. The zero-order chi connectivity index (χ0) is 15.7. The van der Waals surface area contributed by atoms with Crippen LogP contribution in [0.4, 0.5) is 0 Å². The van der Waals surface area contributed by atoms with Gasteiger partial charge < -0.3 is 0 Å². The maximum atomic E-state index is 12.5. The molecule has 0 N–H and O–H groups in total. The highest BCUT2D eigenvalue weighted by Crippen LogP contribution is 2.22. The van der Waals surface area contributed by atoms with Gasteiger partial charge in [0.1, 0.15) is 5.69 Å². The van der Waals surface area contributed by atoms with Gasteiger partial charge in [-0.15, -0.1) is 0 Å². The summed E-state index contributed by atoms with van der Waals surface area (Å²) in [4.78, 5) is 12.5. The standard InChI is InChI=1S/C15H21BrN4O/c1-9(2)20-15(13(16)8-17-20)14(21)7-6-12-10(3)18-19(5)11(12)4/h8-9H,6-7H2,1-5H3. The number of halogens is 1. The molecule has 0 fully saturated rings. The van der Waals surface area contributed by atoms with E-state index >= 15 is 0 Å². The molecule has 0 aromatic carbocycles. The SMILES string of the molecule is Cc1nn(C)c(C)c1CCC(=O)c1c(Br)cnn1C(C)C. The van der Waals surface area contributed by atoms with E-state index < -0.39 is 0 Å². The van der Waals surface area contributed by atoms with Crippen molar-refractivity contribution in [2.24, 2.45) is 7.05 Å². The number of hydrogen-bond donors (Lipinski definition) is 0. The summed E-state index contributed by atoms with van der Waals surface area (Å²) < 4.78 is 4.40. The minimum absolute atomic E-state index is 0.107. The van der Waals surface area contributed by atoms with Crippen LogP contribution in [0.5, 0.6) is 0 Å². The molecule has 0 saturated carbocycles.